The summed E-state index contributed by atoms with van der Waals surface area (Å²) in [4.78, 5) is 12.8. The zero-order valence-corrected chi connectivity index (χ0v) is 14.7. The standard InChI is InChI=1S/C20H32O2/c1-5-9-20(22-18(21)19(3,4)6-2)16-8-7-14-10-15(12-16)13-17(20)11-14/h5,9,14-17H,6-8,10-13H2,1-4H3/b9-5+. The summed E-state index contributed by atoms with van der Waals surface area (Å²) in [5.74, 6) is 2.84. The van der Waals surface area contributed by atoms with E-state index in [0.29, 0.717) is 11.8 Å². The highest BCUT2D eigenvalue weighted by Gasteiger charge is 2.56. The first-order valence-corrected chi connectivity index (χ1v) is 9.28. The van der Waals surface area contributed by atoms with Crippen LogP contribution in [0, 0.1) is 29.1 Å². The number of allylic oxidation sites excluding steroid dienone is 1. The second kappa shape index (κ2) is 5.69. The van der Waals surface area contributed by atoms with Gasteiger partial charge >= 0.3 is 5.97 Å². The number of carbonyl (C=O) groups is 1. The monoisotopic (exact) mass is 304 g/mol. The molecule has 4 aliphatic carbocycles. The van der Waals surface area contributed by atoms with Crippen LogP contribution in [-0.4, -0.2) is 11.6 Å². The molecule has 4 bridgehead atoms. The van der Waals surface area contributed by atoms with E-state index >= 15 is 0 Å². The third-order valence-corrected chi connectivity index (χ3v) is 6.85. The first-order valence-electron chi connectivity index (χ1n) is 9.28. The lowest BCUT2D eigenvalue weighted by Gasteiger charge is -2.51. The fourth-order valence-corrected chi connectivity index (χ4v) is 5.24. The van der Waals surface area contributed by atoms with Crippen molar-refractivity contribution in [1.29, 1.82) is 0 Å². The maximum absolute atomic E-state index is 12.8. The Morgan fingerprint density at radius 2 is 1.82 bits per heavy atom. The van der Waals surface area contributed by atoms with Crippen molar-refractivity contribution in [1.82, 2.24) is 0 Å². The van der Waals surface area contributed by atoms with E-state index in [1.807, 2.05) is 13.8 Å². The molecule has 0 aromatic heterocycles. The van der Waals surface area contributed by atoms with Crippen molar-refractivity contribution >= 4 is 5.97 Å². The normalized spacial score (nSPS) is 40.9. The molecule has 0 amide bonds. The summed E-state index contributed by atoms with van der Waals surface area (Å²) >= 11 is 0. The van der Waals surface area contributed by atoms with E-state index < -0.39 is 0 Å². The molecule has 4 aliphatic rings. The molecule has 0 radical (unpaired) electrons. The third-order valence-electron chi connectivity index (χ3n) is 6.85. The summed E-state index contributed by atoms with van der Waals surface area (Å²) in [5, 5.41) is 0. The number of esters is 1. The van der Waals surface area contributed by atoms with Gasteiger partial charge in [0.15, 0.2) is 0 Å². The van der Waals surface area contributed by atoms with Gasteiger partial charge in [-0.3, -0.25) is 4.79 Å². The van der Waals surface area contributed by atoms with Gasteiger partial charge in [-0.1, -0.05) is 13.0 Å². The van der Waals surface area contributed by atoms with Crippen LogP contribution in [0.2, 0.25) is 0 Å². The summed E-state index contributed by atoms with van der Waals surface area (Å²) in [6.45, 7) is 8.18. The fourth-order valence-electron chi connectivity index (χ4n) is 5.24. The van der Waals surface area contributed by atoms with Crippen molar-refractivity contribution in [2.24, 2.45) is 29.1 Å². The van der Waals surface area contributed by atoms with Gasteiger partial charge in [-0.2, -0.15) is 0 Å². The lowest BCUT2D eigenvalue weighted by Crippen LogP contribution is -2.53. The molecule has 5 unspecified atom stereocenters. The van der Waals surface area contributed by atoms with Crippen molar-refractivity contribution in [3.05, 3.63) is 12.2 Å². The molecular formula is C20H32O2. The van der Waals surface area contributed by atoms with Crippen molar-refractivity contribution < 1.29 is 9.53 Å². The average Bonchev–Trinajstić information content (AvgIpc) is 2.68. The van der Waals surface area contributed by atoms with Gasteiger partial charge in [-0.05, 0) is 83.6 Å². The summed E-state index contributed by atoms with van der Waals surface area (Å²) in [5.41, 5.74) is -0.692. The summed E-state index contributed by atoms with van der Waals surface area (Å²) in [6.07, 6.45) is 13.0. The second-order valence-electron chi connectivity index (χ2n) is 8.63. The molecule has 4 rings (SSSR count). The Kier molecular flexibility index (Phi) is 4.16. The van der Waals surface area contributed by atoms with Gasteiger partial charge in [0, 0.05) is 11.8 Å². The SMILES string of the molecule is C/C=C/C1(OC(=O)C(C)(C)CC)C2CCC3CC(C2)CC1C3. The Morgan fingerprint density at radius 1 is 1.14 bits per heavy atom. The molecule has 4 saturated carbocycles. The Labute approximate surface area is 135 Å². The molecule has 0 saturated heterocycles. The van der Waals surface area contributed by atoms with Crippen LogP contribution in [0.25, 0.3) is 0 Å². The Morgan fingerprint density at radius 3 is 2.50 bits per heavy atom. The molecule has 2 nitrogen and oxygen atoms in total. The topological polar surface area (TPSA) is 26.3 Å². The van der Waals surface area contributed by atoms with E-state index in [1.165, 1.54) is 38.5 Å². The minimum atomic E-state index is -0.377. The van der Waals surface area contributed by atoms with Gasteiger partial charge < -0.3 is 4.74 Å². The molecule has 0 spiro atoms. The second-order valence-corrected chi connectivity index (χ2v) is 8.63. The van der Waals surface area contributed by atoms with Gasteiger partial charge in [0.2, 0.25) is 0 Å². The Balaban J connectivity index is 1.93. The third kappa shape index (κ3) is 2.53. The van der Waals surface area contributed by atoms with Crippen LogP contribution in [0.3, 0.4) is 0 Å². The highest BCUT2D eigenvalue weighted by molar-refractivity contribution is 5.76. The molecule has 0 aromatic carbocycles. The highest BCUT2D eigenvalue weighted by Crippen LogP contribution is 2.58. The maximum Gasteiger partial charge on any atom is 0.312 e. The fraction of sp³-hybridized carbons (Fsp3) is 0.850. The highest BCUT2D eigenvalue weighted by atomic mass is 16.6. The van der Waals surface area contributed by atoms with E-state index in [2.05, 4.69) is 26.0 Å². The van der Waals surface area contributed by atoms with Crippen LogP contribution in [-0.2, 0) is 9.53 Å². The van der Waals surface area contributed by atoms with Crippen LogP contribution in [0.4, 0.5) is 0 Å². The van der Waals surface area contributed by atoms with E-state index in [0.717, 1.165) is 18.3 Å². The van der Waals surface area contributed by atoms with Crippen molar-refractivity contribution in [2.45, 2.75) is 78.2 Å². The number of hydrogen-bond acceptors (Lipinski definition) is 2. The minimum absolute atomic E-state index is 0.000531. The zero-order chi connectivity index (χ0) is 16.0. The number of ether oxygens (including phenoxy) is 1. The Hall–Kier alpha value is -0.790. The zero-order valence-electron chi connectivity index (χ0n) is 14.7. The van der Waals surface area contributed by atoms with Crippen LogP contribution < -0.4 is 0 Å². The van der Waals surface area contributed by atoms with Gasteiger partial charge in [0.1, 0.15) is 5.60 Å². The van der Waals surface area contributed by atoms with Crippen LogP contribution in [0.5, 0.6) is 0 Å². The number of carbonyl (C=O) groups excluding carboxylic acids is 1. The van der Waals surface area contributed by atoms with E-state index in [-0.39, 0.29) is 17.0 Å². The average molecular weight is 304 g/mol. The molecule has 0 N–H and O–H groups in total. The number of rotatable bonds is 4. The van der Waals surface area contributed by atoms with Gasteiger partial charge in [-0.15, -0.1) is 0 Å². The smallest absolute Gasteiger partial charge is 0.312 e. The molecular weight excluding hydrogens is 272 g/mol. The number of fused-ring (bicyclic) bond motifs is 1. The summed E-state index contributed by atoms with van der Waals surface area (Å²) in [7, 11) is 0. The van der Waals surface area contributed by atoms with Gasteiger partial charge in [0.25, 0.3) is 0 Å². The molecule has 0 aliphatic heterocycles. The molecule has 2 heteroatoms. The molecule has 0 heterocycles. The molecule has 4 fully saturated rings. The largest absolute Gasteiger partial charge is 0.454 e. The van der Waals surface area contributed by atoms with Crippen LogP contribution >= 0.6 is 0 Å². The van der Waals surface area contributed by atoms with Crippen LogP contribution in [0.1, 0.15) is 72.6 Å². The predicted molar refractivity (Wildman–Crippen MR) is 89.4 cm³/mol. The molecule has 124 valence electrons. The van der Waals surface area contributed by atoms with Crippen molar-refractivity contribution in [2.75, 3.05) is 0 Å². The number of hydrogen-bond donors (Lipinski definition) is 0. The Bertz CT molecular complexity index is 454. The first-order chi connectivity index (χ1) is 10.4. The lowest BCUT2D eigenvalue weighted by molar-refractivity contribution is -0.185. The van der Waals surface area contributed by atoms with Gasteiger partial charge in [-0.25, -0.2) is 0 Å². The van der Waals surface area contributed by atoms with E-state index in [9.17, 15) is 4.79 Å². The molecule has 5 atom stereocenters. The quantitative estimate of drug-likeness (QED) is 0.532. The molecule has 22 heavy (non-hydrogen) atoms. The van der Waals surface area contributed by atoms with Crippen molar-refractivity contribution in [3.8, 4) is 0 Å². The first kappa shape index (κ1) is 16.1. The summed E-state index contributed by atoms with van der Waals surface area (Å²) < 4.78 is 6.37. The van der Waals surface area contributed by atoms with E-state index in [4.69, 9.17) is 4.74 Å². The van der Waals surface area contributed by atoms with E-state index in [1.54, 1.807) is 0 Å². The minimum Gasteiger partial charge on any atom is -0.454 e. The van der Waals surface area contributed by atoms with Gasteiger partial charge in [0.05, 0.1) is 5.41 Å². The summed E-state index contributed by atoms with van der Waals surface area (Å²) in [6, 6.07) is 0. The lowest BCUT2D eigenvalue weighted by atomic mass is 9.59. The maximum atomic E-state index is 12.8. The van der Waals surface area contributed by atoms with Crippen molar-refractivity contribution in [3.63, 3.8) is 0 Å². The molecule has 0 aromatic rings. The van der Waals surface area contributed by atoms with Crippen LogP contribution in [0.15, 0.2) is 12.2 Å². The predicted octanol–water partition coefficient (Wildman–Crippen LogP) is 5.13.